The first-order valence-corrected chi connectivity index (χ1v) is 5.21. The molecular weight excluding hydrogens is 188 g/mol. The molecule has 0 saturated carbocycles. The quantitative estimate of drug-likeness (QED) is 0.793. The topological polar surface area (TPSA) is 55.1 Å². The average Bonchev–Trinajstić information content (AvgIpc) is 2.19. The van der Waals surface area contributed by atoms with E-state index in [1.807, 2.05) is 37.3 Å². The molecule has 1 aromatic carbocycles. The van der Waals surface area contributed by atoms with Crippen LogP contribution in [0.3, 0.4) is 0 Å². The Bertz CT molecular complexity index is 320. The molecule has 3 heteroatoms. The van der Waals surface area contributed by atoms with Crippen LogP contribution in [-0.4, -0.2) is 11.4 Å². The van der Waals surface area contributed by atoms with Crippen LogP contribution in [0.4, 0.5) is 5.69 Å². The molecule has 1 unspecified atom stereocenters. The molecule has 1 amide bonds. The first-order chi connectivity index (χ1) is 7.06. The van der Waals surface area contributed by atoms with Crippen molar-refractivity contribution in [3.63, 3.8) is 0 Å². The van der Waals surface area contributed by atoms with Crippen LogP contribution in [0.5, 0.6) is 0 Å². The van der Waals surface area contributed by atoms with Crippen LogP contribution >= 0.6 is 0 Å². The average molecular weight is 206 g/mol. The lowest BCUT2D eigenvalue weighted by Crippen LogP contribution is -2.48. The zero-order chi connectivity index (χ0) is 11.3. The summed E-state index contributed by atoms with van der Waals surface area (Å²) in [5, 5.41) is 2.80. The van der Waals surface area contributed by atoms with Crippen LogP contribution in [0.1, 0.15) is 26.7 Å². The van der Waals surface area contributed by atoms with Gasteiger partial charge in [-0.2, -0.15) is 0 Å². The molecule has 0 saturated heterocycles. The Morgan fingerprint density at radius 2 is 2.00 bits per heavy atom. The number of rotatable bonds is 4. The summed E-state index contributed by atoms with van der Waals surface area (Å²) in [6.45, 7) is 3.77. The van der Waals surface area contributed by atoms with Gasteiger partial charge in [0, 0.05) is 5.69 Å². The monoisotopic (exact) mass is 206 g/mol. The minimum absolute atomic E-state index is 0.129. The fraction of sp³-hybridized carbons (Fsp3) is 0.417. The van der Waals surface area contributed by atoms with Crippen molar-refractivity contribution in [3.8, 4) is 0 Å². The summed E-state index contributed by atoms with van der Waals surface area (Å²) in [5.74, 6) is -0.129. The van der Waals surface area contributed by atoms with E-state index in [1.165, 1.54) is 0 Å². The number of benzene rings is 1. The summed E-state index contributed by atoms with van der Waals surface area (Å²) in [6.07, 6.45) is 1.58. The third-order valence-corrected chi connectivity index (χ3v) is 2.32. The molecule has 0 radical (unpaired) electrons. The smallest absolute Gasteiger partial charge is 0.244 e. The van der Waals surface area contributed by atoms with Crippen LogP contribution in [0, 0.1) is 0 Å². The molecule has 0 spiro atoms. The molecule has 3 N–H and O–H groups in total. The SMILES string of the molecule is CCCC(C)(N)C(=O)Nc1ccccc1. The van der Waals surface area contributed by atoms with Gasteiger partial charge in [-0.3, -0.25) is 4.79 Å². The number of carbonyl (C=O) groups excluding carboxylic acids is 1. The maximum absolute atomic E-state index is 11.8. The minimum atomic E-state index is -0.787. The molecule has 0 bridgehead atoms. The second-order valence-corrected chi connectivity index (χ2v) is 3.99. The Morgan fingerprint density at radius 1 is 1.40 bits per heavy atom. The van der Waals surface area contributed by atoms with E-state index in [9.17, 15) is 4.79 Å². The summed E-state index contributed by atoms with van der Waals surface area (Å²) >= 11 is 0. The predicted molar refractivity (Wildman–Crippen MR) is 62.6 cm³/mol. The van der Waals surface area contributed by atoms with Crippen LogP contribution in [0.15, 0.2) is 30.3 Å². The molecule has 82 valence electrons. The molecule has 1 atom stereocenters. The third-order valence-electron chi connectivity index (χ3n) is 2.32. The Labute approximate surface area is 90.7 Å². The number of nitrogens with one attached hydrogen (secondary N) is 1. The molecule has 0 heterocycles. The van der Waals surface area contributed by atoms with E-state index in [0.717, 1.165) is 12.1 Å². The highest BCUT2D eigenvalue weighted by Gasteiger charge is 2.26. The summed E-state index contributed by atoms with van der Waals surface area (Å²) in [5.41, 5.74) is 5.91. The molecule has 0 aliphatic carbocycles. The summed E-state index contributed by atoms with van der Waals surface area (Å²) < 4.78 is 0. The van der Waals surface area contributed by atoms with E-state index in [-0.39, 0.29) is 5.91 Å². The minimum Gasteiger partial charge on any atom is -0.325 e. The molecule has 3 nitrogen and oxygen atoms in total. The summed E-state index contributed by atoms with van der Waals surface area (Å²) in [7, 11) is 0. The molecule has 0 aromatic heterocycles. The van der Waals surface area contributed by atoms with Gasteiger partial charge in [0.15, 0.2) is 0 Å². The zero-order valence-electron chi connectivity index (χ0n) is 9.29. The number of carbonyl (C=O) groups is 1. The highest BCUT2D eigenvalue weighted by Crippen LogP contribution is 2.13. The van der Waals surface area contributed by atoms with E-state index in [2.05, 4.69) is 5.32 Å². The first kappa shape index (κ1) is 11.7. The van der Waals surface area contributed by atoms with Crippen molar-refractivity contribution in [3.05, 3.63) is 30.3 Å². The second-order valence-electron chi connectivity index (χ2n) is 3.99. The largest absolute Gasteiger partial charge is 0.325 e. The van der Waals surface area contributed by atoms with Gasteiger partial charge in [0.25, 0.3) is 0 Å². The highest BCUT2D eigenvalue weighted by molar-refractivity contribution is 5.97. The number of nitrogens with two attached hydrogens (primary N) is 1. The maximum atomic E-state index is 11.8. The normalized spacial score (nSPS) is 14.3. The van der Waals surface area contributed by atoms with Gasteiger partial charge in [-0.25, -0.2) is 0 Å². The zero-order valence-corrected chi connectivity index (χ0v) is 9.29. The lowest BCUT2D eigenvalue weighted by Gasteiger charge is -2.22. The predicted octanol–water partition coefficient (Wildman–Crippen LogP) is 2.14. The lowest BCUT2D eigenvalue weighted by molar-refractivity contribution is -0.120. The Balaban J connectivity index is 2.63. The maximum Gasteiger partial charge on any atom is 0.244 e. The van der Waals surface area contributed by atoms with Crippen molar-refractivity contribution >= 4 is 11.6 Å². The fourth-order valence-corrected chi connectivity index (χ4v) is 1.43. The summed E-state index contributed by atoms with van der Waals surface area (Å²) in [6, 6.07) is 9.36. The molecule has 1 aromatic rings. The number of hydrogen-bond donors (Lipinski definition) is 2. The summed E-state index contributed by atoms with van der Waals surface area (Å²) in [4.78, 5) is 11.8. The van der Waals surface area contributed by atoms with E-state index in [4.69, 9.17) is 5.73 Å². The lowest BCUT2D eigenvalue weighted by atomic mass is 9.96. The highest BCUT2D eigenvalue weighted by atomic mass is 16.2. The van der Waals surface area contributed by atoms with E-state index >= 15 is 0 Å². The molecular formula is C12H18N2O. The van der Waals surface area contributed by atoms with Crippen LogP contribution in [-0.2, 0) is 4.79 Å². The molecule has 0 aliphatic rings. The Hall–Kier alpha value is -1.35. The van der Waals surface area contributed by atoms with Crippen LogP contribution in [0.2, 0.25) is 0 Å². The van der Waals surface area contributed by atoms with Crippen molar-refractivity contribution in [1.29, 1.82) is 0 Å². The molecule has 1 rings (SSSR count). The fourth-order valence-electron chi connectivity index (χ4n) is 1.43. The van der Waals surface area contributed by atoms with Crippen molar-refractivity contribution in [2.75, 3.05) is 5.32 Å². The molecule has 0 fully saturated rings. The van der Waals surface area contributed by atoms with E-state index in [1.54, 1.807) is 6.92 Å². The molecule has 15 heavy (non-hydrogen) atoms. The number of hydrogen-bond acceptors (Lipinski definition) is 2. The van der Waals surface area contributed by atoms with Gasteiger partial charge in [0.05, 0.1) is 5.54 Å². The van der Waals surface area contributed by atoms with E-state index < -0.39 is 5.54 Å². The second kappa shape index (κ2) is 4.94. The number of anilines is 1. The van der Waals surface area contributed by atoms with Gasteiger partial charge < -0.3 is 11.1 Å². The Morgan fingerprint density at radius 3 is 2.53 bits per heavy atom. The van der Waals surface area contributed by atoms with Crippen molar-refractivity contribution in [2.24, 2.45) is 5.73 Å². The van der Waals surface area contributed by atoms with Crippen LogP contribution < -0.4 is 11.1 Å². The van der Waals surface area contributed by atoms with Gasteiger partial charge in [-0.05, 0) is 25.5 Å². The standard InChI is InChI=1S/C12H18N2O/c1-3-9-12(2,13)11(15)14-10-7-5-4-6-8-10/h4-8H,3,9,13H2,1-2H3,(H,14,15). The van der Waals surface area contributed by atoms with Gasteiger partial charge in [-0.15, -0.1) is 0 Å². The van der Waals surface area contributed by atoms with Gasteiger partial charge in [-0.1, -0.05) is 31.5 Å². The van der Waals surface area contributed by atoms with E-state index in [0.29, 0.717) is 6.42 Å². The van der Waals surface area contributed by atoms with Gasteiger partial charge in [0.2, 0.25) is 5.91 Å². The Kier molecular flexibility index (Phi) is 3.86. The van der Waals surface area contributed by atoms with Gasteiger partial charge in [0.1, 0.15) is 0 Å². The van der Waals surface area contributed by atoms with Crippen molar-refractivity contribution < 1.29 is 4.79 Å². The van der Waals surface area contributed by atoms with Crippen LogP contribution in [0.25, 0.3) is 0 Å². The van der Waals surface area contributed by atoms with Gasteiger partial charge >= 0.3 is 0 Å². The van der Waals surface area contributed by atoms with Crippen molar-refractivity contribution in [1.82, 2.24) is 0 Å². The third kappa shape index (κ3) is 3.36. The number of para-hydroxylation sites is 1. The molecule has 0 aliphatic heterocycles. The number of amides is 1. The first-order valence-electron chi connectivity index (χ1n) is 5.21. The van der Waals surface area contributed by atoms with Crippen molar-refractivity contribution in [2.45, 2.75) is 32.2 Å².